The van der Waals surface area contributed by atoms with Crippen LogP contribution in [0.25, 0.3) is 11.3 Å². The smallest absolute Gasteiger partial charge is 0.231 e. The fourth-order valence-electron chi connectivity index (χ4n) is 2.89. The molecule has 1 aliphatic heterocycles. The molecule has 3 aromatic rings. The second-order valence-electron chi connectivity index (χ2n) is 6.28. The number of carbonyl (C=O) groups excluding carboxylic acids is 1. The summed E-state index contributed by atoms with van der Waals surface area (Å²) < 4.78 is 21.5. The first-order valence-electron chi connectivity index (χ1n) is 9.05. The largest absolute Gasteiger partial charge is 0.494 e. The number of ether oxygens (including phenoxy) is 3. The van der Waals surface area contributed by atoms with E-state index in [9.17, 15) is 4.79 Å². The van der Waals surface area contributed by atoms with E-state index in [4.69, 9.17) is 18.7 Å². The summed E-state index contributed by atoms with van der Waals surface area (Å²) in [6, 6.07) is 14.9. The van der Waals surface area contributed by atoms with Gasteiger partial charge in [-0.25, -0.2) is 0 Å². The molecular weight excluding hydrogens is 360 g/mol. The van der Waals surface area contributed by atoms with Gasteiger partial charge in [-0.05, 0) is 42.8 Å². The maximum Gasteiger partial charge on any atom is 0.231 e. The lowest BCUT2D eigenvalue weighted by atomic mass is 10.1. The van der Waals surface area contributed by atoms with Crippen LogP contribution in [0, 0.1) is 0 Å². The number of nitrogens with zero attached hydrogens (tertiary/aromatic N) is 1. The second-order valence-corrected chi connectivity index (χ2v) is 6.28. The van der Waals surface area contributed by atoms with Gasteiger partial charge in [0.15, 0.2) is 17.3 Å². The third kappa shape index (κ3) is 4.09. The molecule has 0 saturated carbocycles. The Bertz CT molecular complexity index is 965. The Balaban J connectivity index is 1.32. The van der Waals surface area contributed by atoms with Gasteiger partial charge in [0.05, 0.1) is 19.6 Å². The summed E-state index contributed by atoms with van der Waals surface area (Å²) in [5.74, 6) is 2.71. The van der Waals surface area contributed by atoms with Crippen LogP contribution in [0.3, 0.4) is 0 Å². The number of benzene rings is 2. The fourth-order valence-corrected chi connectivity index (χ4v) is 2.89. The first kappa shape index (κ1) is 17.9. The number of hydrogen-bond acceptors (Lipinski definition) is 6. The highest BCUT2D eigenvalue weighted by atomic mass is 16.7. The standard InChI is InChI=1S/C21H20N2O5/c1-2-25-17-6-3-14(4-7-17)9-21(24)22-12-16-11-19(28-23-16)15-5-8-18-20(10-15)27-13-26-18/h3-8,10-11H,2,9,12-13H2,1H3,(H,22,24). The van der Waals surface area contributed by atoms with Crippen LogP contribution in [0.15, 0.2) is 53.1 Å². The van der Waals surface area contributed by atoms with Crippen LogP contribution < -0.4 is 19.5 Å². The number of carbonyl (C=O) groups is 1. The van der Waals surface area contributed by atoms with Gasteiger partial charge in [0, 0.05) is 11.6 Å². The minimum absolute atomic E-state index is 0.0863. The van der Waals surface area contributed by atoms with Crippen molar-refractivity contribution < 1.29 is 23.5 Å². The molecule has 7 heteroatoms. The van der Waals surface area contributed by atoms with Crippen LogP contribution in [-0.4, -0.2) is 24.5 Å². The van der Waals surface area contributed by atoms with Gasteiger partial charge < -0.3 is 24.1 Å². The SMILES string of the molecule is CCOc1ccc(CC(=O)NCc2cc(-c3ccc4c(c3)OCO4)on2)cc1. The zero-order chi connectivity index (χ0) is 19.3. The predicted octanol–water partition coefficient (Wildman–Crippen LogP) is 3.33. The Morgan fingerprint density at radius 2 is 1.93 bits per heavy atom. The average molecular weight is 380 g/mol. The molecule has 0 atom stereocenters. The summed E-state index contributed by atoms with van der Waals surface area (Å²) >= 11 is 0. The van der Waals surface area contributed by atoms with Crippen molar-refractivity contribution in [3.8, 4) is 28.6 Å². The van der Waals surface area contributed by atoms with Crippen LogP contribution in [0.4, 0.5) is 0 Å². The van der Waals surface area contributed by atoms with Crippen molar-refractivity contribution >= 4 is 5.91 Å². The Morgan fingerprint density at radius 3 is 2.75 bits per heavy atom. The molecule has 0 aliphatic carbocycles. The lowest BCUT2D eigenvalue weighted by Crippen LogP contribution is -2.24. The van der Waals surface area contributed by atoms with E-state index in [1.54, 1.807) is 6.07 Å². The Morgan fingerprint density at radius 1 is 1.11 bits per heavy atom. The highest BCUT2D eigenvalue weighted by Crippen LogP contribution is 2.36. The van der Waals surface area contributed by atoms with Crippen molar-refractivity contribution in [2.24, 2.45) is 0 Å². The van der Waals surface area contributed by atoms with E-state index < -0.39 is 0 Å². The molecule has 28 heavy (non-hydrogen) atoms. The Labute approximate surface area is 162 Å². The molecule has 2 heterocycles. The monoisotopic (exact) mass is 380 g/mol. The van der Waals surface area contributed by atoms with Gasteiger partial charge in [0.1, 0.15) is 11.4 Å². The quantitative estimate of drug-likeness (QED) is 0.677. The van der Waals surface area contributed by atoms with Crippen molar-refractivity contribution in [3.05, 3.63) is 59.8 Å². The molecule has 7 nitrogen and oxygen atoms in total. The van der Waals surface area contributed by atoms with E-state index >= 15 is 0 Å². The maximum atomic E-state index is 12.2. The van der Waals surface area contributed by atoms with Crippen LogP contribution in [0.5, 0.6) is 17.2 Å². The van der Waals surface area contributed by atoms with E-state index in [2.05, 4.69) is 10.5 Å². The van der Waals surface area contributed by atoms with E-state index in [1.165, 1.54) is 0 Å². The number of amides is 1. The maximum absolute atomic E-state index is 12.2. The second kappa shape index (κ2) is 8.04. The zero-order valence-electron chi connectivity index (χ0n) is 15.4. The Hall–Kier alpha value is -3.48. The van der Waals surface area contributed by atoms with Crippen molar-refractivity contribution in [2.75, 3.05) is 13.4 Å². The molecule has 1 aliphatic rings. The van der Waals surface area contributed by atoms with Gasteiger partial charge in [-0.2, -0.15) is 0 Å². The lowest BCUT2D eigenvalue weighted by Gasteiger charge is -2.05. The van der Waals surface area contributed by atoms with Gasteiger partial charge in [-0.3, -0.25) is 4.79 Å². The van der Waals surface area contributed by atoms with E-state index in [0.29, 0.717) is 42.5 Å². The van der Waals surface area contributed by atoms with Crippen molar-refractivity contribution in [2.45, 2.75) is 19.9 Å². The highest BCUT2D eigenvalue weighted by molar-refractivity contribution is 5.78. The molecule has 0 fully saturated rings. The molecule has 0 unspecified atom stereocenters. The molecule has 0 radical (unpaired) electrons. The minimum Gasteiger partial charge on any atom is -0.494 e. The van der Waals surface area contributed by atoms with Crippen molar-refractivity contribution in [1.82, 2.24) is 10.5 Å². The van der Waals surface area contributed by atoms with Crippen molar-refractivity contribution in [3.63, 3.8) is 0 Å². The van der Waals surface area contributed by atoms with E-state index in [-0.39, 0.29) is 12.7 Å². The number of rotatable bonds is 7. The Kier molecular flexibility index (Phi) is 5.14. The van der Waals surface area contributed by atoms with Crippen molar-refractivity contribution in [1.29, 1.82) is 0 Å². The molecule has 1 aromatic heterocycles. The van der Waals surface area contributed by atoms with Crippen LogP contribution in [0.1, 0.15) is 18.2 Å². The minimum atomic E-state index is -0.0863. The summed E-state index contributed by atoms with van der Waals surface area (Å²) in [5, 5.41) is 6.88. The molecule has 0 saturated heterocycles. The van der Waals surface area contributed by atoms with Crippen LogP contribution >= 0.6 is 0 Å². The topological polar surface area (TPSA) is 82.8 Å². The third-order valence-corrected chi connectivity index (χ3v) is 4.28. The molecule has 0 spiro atoms. The molecule has 144 valence electrons. The number of fused-ring (bicyclic) bond motifs is 1. The molecular formula is C21H20N2O5. The van der Waals surface area contributed by atoms with Gasteiger partial charge in [0.2, 0.25) is 12.7 Å². The number of aromatic nitrogens is 1. The van der Waals surface area contributed by atoms with E-state index in [0.717, 1.165) is 16.9 Å². The average Bonchev–Trinajstić information content (AvgIpc) is 3.37. The van der Waals surface area contributed by atoms with Gasteiger partial charge in [-0.15, -0.1) is 0 Å². The summed E-state index contributed by atoms with van der Waals surface area (Å²) in [4.78, 5) is 12.2. The fraction of sp³-hybridized carbons (Fsp3) is 0.238. The van der Waals surface area contributed by atoms with E-state index in [1.807, 2.05) is 49.4 Å². The summed E-state index contributed by atoms with van der Waals surface area (Å²) in [5.41, 5.74) is 2.40. The molecule has 1 amide bonds. The number of hydrogen-bond donors (Lipinski definition) is 1. The predicted molar refractivity (Wildman–Crippen MR) is 101 cm³/mol. The van der Waals surface area contributed by atoms with Gasteiger partial charge >= 0.3 is 0 Å². The summed E-state index contributed by atoms with van der Waals surface area (Å²) in [6.07, 6.45) is 0.291. The summed E-state index contributed by atoms with van der Waals surface area (Å²) in [7, 11) is 0. The number of nitrogens with one attached hydrogen (secondary N) is 1. The van der Waals surface area contributed by atoms with Gasteiger partial charge in [0.25, 0.3) is 0 Å². The first-order valence-corrected chi connectivity index (χ1v) is 9.05. The lowest BCUT2D eigenvalue weighted by molar-refractivity contribution is -0.120. The zero-order valence-corrected chi connectivity index (χ0v) is 15.4. The molecule has 2 aromatic carbocycles. The first-order chi connectivity index (χ1) is 13.7. The van der Waals surface area contributed by atoms with Crippen LogP contribution in [0.2, 0.25) is 0 Å². The summed E-state index contributed by atoms with van der Waals surface area (Å²) in [6.45, 7) is 3.07. The molecule has 4 rings (SSSR count). The third-order valence-electron chi connectivity index (χ3n) is 4.28. The molecule has 1 N–H and O–H groups in total. The van der Waals surface area contributed by atoms with Gasteiger partial charge in [-0.1, -0.05) is 17.3 Å². The highest BCUT2D eigenvalue weighted by Gasteiger charge is 2.16. The normalized spacial score (nSPS) is 12.0. The van der Waals surface area contributed by atoms with Crippen LogP contribution in [-0.2, 0) is 17.8 Å². The molecule has 0 bridgehead atoms.